The number of rotatable bonds is 3. The quantitative estimate of drug-likeness (QED) is 0.665. The summed E-state index contributed by atoms with van der Waals surface area (Å²) in [6.45, 7) is 2.32. The van der Waals surface area contributed by atoms with Crippen molar-refractivity contribution >= 4 is 0 Å². The van der Waals surface area contributed by atoms with Crippen molar-refractivity contribution in [2.24, 2.45) is 11.7 Å². The molecule has 70 valence electrons. The predicted molar refractivity (Wildman–Crippen MR) is 50.9 cm³/mol. The molecule has 0 aromatic heterocycles. The van der Waals surface area contributed by atoms with Crippen molar-refractivity contribution in [3.8, 4) is 0 Å². The highest BCUT2D eigenvalue weighted by Crippen LogP contribution is 2.33. The maximum absolute atomic E-state index is 5.85. The highest BCUT2D eigenvalue weighted by molar-refractivity contribution is 4.89. The highest BCUT2D eigenvalue weighted by Gasteiger charge is 2.31. The lowest BCUT2D eigenvalue weighted by Crippen LogP contribution is -2.36. The zero-order valence-electron chi connectivity index (χ0n) is 7.92. The van der Waals surface area contributed by atoms with Gasteiger partial charge in [0, 0.05) is 18.1 Å². The summed E-state index contributed by atoms with van der Waals surface area (Å²) in [5.41, 5.74) is 5.85. The molecule has 0 aliphatic heterocycles. The largest absolute Gasteiger partial charge is 0.328 e. The van der Waals surface area contributed by atoms with Crippen LogP contribution in [0, 0.1) is 5.92 Å². The molecule has 12 heavy (non-hydrogen) atoms. The molecule has 0 saturated heterocycles. The van der Waals surface area contributed by atoms with E-state index in [-0.39, 0.29) is 0 Å². The molecule has 2 saturated carbocycles. The fourth-order valence-corrected chi connectivity index (χ4v) is 2.27. The molecule has 0 bridgehead atoms. The predicted octanol–water partition coefficient (Wildman–Crippen LogP) is 1.25. The van der Waals surface area contributed by atoms with E-state index in [2.05, 4.69) is 12.2 Å². The van der Waals surface area contributed by atoms with Crippen LogP contribution < -0.4 is 11.1 Å². The highest BCUT2D eigenvalue weighted by atomic mass is 15.0. The second-order valence-electron chi connectivity index (χ2n) is 4.56. The maximum Gasteiger partial charge on any atom is 0.00849 e. The first-order chi connectivity index (χ1) is 5.75. The first kappa shape index (κ1) is 8.52. The molecular formula is C10H20N2. The van der Waals surface area contributed by atoms with E-state index >= 15 is 0 Å². The van der Waals surface area contributed by atoms with Crippen LogP contribution in [0.3, 0.4) is 0 Å². The van der Waals surface area contributed by atoms with E-state index in [4.69, 9.17) is 5.73 Å². The summed E-state index contributed by atoms with van der Waals surface area (Å²) in [5, 5.41) is 3.69. The van der Waals surface area contributed by atoms with Gasteiger partial charge in [-0.15, -0.1) is 0 Å². The molecule has 3 atom stereocenters. The smallest absolute Gasteiger partial charge is 0.00849 e. The van der Waals surface area contributed by atoms with Crippen molar-refractivity contribution in [3.05, 3.63) is 0 Å². The van der Waals surface area contributed by atoms with Crippen LogP contribution in [0.15, 0.2) is 0 Å². The normalized spacial score (nSPS) is 38.5. The summed E-state index contributed by atoms with van der Waals surface area (Å²) >= 11 is 0. The number of hydrogen-bond donors (Lipinski definition) is 2. The third-order valence-electron chi connectivity index (χ3n) is 3.30. The first-order valence-corrected chi connectivity index (χ1v) is 5.27. The van der Waals surface area contributed by atoms with Gasteiger partial charge in [-0.05, 0) is 44.9 Å². The Hall–Kier alpha value is -0.0800. The number of nitrogens with two attached hydrogens (primary N) is 1. The molecular weight excluding hydrogens is 148 g/mol. The van der Waals surface area contributed by atoms with Crippen LogP contribution in [0.25, 0.3) is 0 Å². The van der Waals surface area contributed by atoms with Crippen molar-refractivity contribution in [2.45, 2.75) is 57.2 Å². The third-order valence-corrected chi connectivity index (χ3v) is 3.30. The molecule has 2 aliphatic rings. The lowest BCUT2D eigenvalue weighted by Gasteiger charge is -2.18. The third kappa shape index (κ3) is 1.99. The van der Waals surface area contributed by atoms with Gasteiger partial charge in [0.15, 0.2) is 0 Å². The van der Waals surface area contributed by atoms with Crippen molar-refractivity contribution in [1.29, 1.82) is 0 Å². The molecule has 3 N–H and O–H groups in total. The molecule has 0 amide bonds. The summed E-state index contributed by atoms with van der Waals surface area (Å²) in [4.78, 5) is 0. The van der Waals surface area contributed by atoms with Crippen LogP contribution in [0.4, 0.5) is 0 Å². The lowest BCUT2D eigenvalue weighted by atomic mass is 10.1. The van der Waals surface area contributed by atoms with Crippen LogP contribution in [0.5, 0.6) is 0 Å². The van der Waals surface area contributed by atoms with Crippen molar-refractivity contribution in [3.63, 3.8) is 0 Å². The molecule has 0 aromatic carbocycles. The SMILES string of the molecule is CC(NC1CCC(N)C1)C1CC1. The summed E-state index contributed by atoms with van der Waals surface area (Å²) in [6.07, 6.45) is 6.57. The van der Waals surface area contributed by atoms with Gasteiger partial charge in [0.05, 0.1) is 0 Å². The topological polar surface area (TPSA) is 38.0 Å². The molecule has 2 heteroatoms. The maximum atomic E-state index is 5.85. The van der Waals surface area contributed by atoms with Gasteiger partial charge in [0.1, 0.15) is 0 Å². The van der Waals surface area contributed by atoms with Crippen molar-refractivity contribution in [2.75, 3.05) is 0 Å². The fraction of sp³-hybridized carbons (Fsp3) is 1.00. The molecule has 2 nitrogen and oxygen atoms in total. The Labute approximate surface area is 74.9 Å². The van der Waals surface area contributed by atoms with Gasteiger partial charge in [0.2, 0.25) is 0 Å². The zero-order chi connectivity index (χ0) is 8.55. The number of nitrogens with one attached hydrogen (secondary N) is 1. The van der Waals surface area contributed by atoms with E-state index in [1.165, 1.54) is 32.1 Å². The summed E-state index contributed by atoms with van der Waals surface area (Å²) < 4.78 is 0. The van der Waals surface area contributed by atoms with E-state index < -0.39 is 0 Å². The Balaban J connectivity index is 1.71. The Morgan fingerprint density at radius 3 is 2.50 bits per heavy atom. The lowest BCUT2D eigenvalue weighted by molar-refractivity contribution is 0.416. The van der Waals surface area contributed by atoms with Gasteiger partial charge in [0.25, 0.3) is 0 Å². The molecule has 2 aliphatic carbocycles. The molecule has 0 radical (unpaired) electrons. The first-order valence-electron chi connectivity index (χ1n) is 5.27. The zero-order valence-corrected chi connectivity index (χ0v) is 7.92. The minimum atomic E-state index is 0.467. The van der Waals surface area contributed by atoms with Gasteiger partial charge in [-0.1, -0.05) is 0 Å². The van der Waals surface area contributed by atoms with Gasteiger partial charge < -0.3 is 11.1 Å². The average molecular weight is 168 g/mol. The summed E-state index contributed by atoms with van der Waals surface area (Å²) in [6, 6.07) is 1.92. The summed E-state index contributed by atoms with van der Waals surface area (Å²) in [7, 11) is 0. The fourth-order valence-electron chi connectivity index (χ4n) is 2.27. The van der Waals surface area contributed by atoms with E-state index in [1.807, 2.05) is 0 Å². The van der Waals surface area contributed by atoms with Crippen LogP contribution >= 0.6 is 0 Å². The number of hydrogen-bond acceptors (Lipinski definition) is 2. The van der Waals surface area contributed by atoms with Crippen molar-refractivity contribution in [1.82, 2.24) is 5.32 Å². The minimum absolute atomic E-state index is 0.467. The summed E-state index contributed by atoms with van der Waals surface area (Å²) in [5.74, 6) is 0.974. The molecule has 0 spiro atoms. The molecule has 2 rings (SSSR count). The molecule has 0 heterocycles. The van der Waals surface area contributed by atoms with Crippen LogP contribution in [0.1, 0.15) is 39.0 Å². The molecule has 2 fully saturated rings. The van der Waals surface area contributed by atoms with Gasteiger partial charge in [-0.3, -0.25) is 0 Å². The van der Waals surface area contributed by atoms with Gasteiger partial charge in [-0.25, -0.2) is 0 Å². The van der Waals surface area contributed by atoms with Crippen LogP contribution in [-0.2, 0) is 0 Å². The van der Waals surface area contributed by atoms with Crippen LogP contribution in [0.2, 0.25) is 0 Å². The van der Waals surface area contributed by atoms with E-state index in [1.54, 1.807) is 0 Å². The van der Waals surface area contributed by atoms with Gasteiger partial charge in [-0.2, -0.15) is 0 Å². The molecule has 3 unspecified atom stereocenters. The van der Waals surface area contributed by atoms with E-state index in [0.29, 0.717) is 6.04 Å². The van der Waals surface area contributed by atoms with E-state index in [0.717, 1.165) is 18.0 Å². The van der Waals surface area contributed by atoms with Crippen LogP contribution in [-0.4, -0.2) is 18.1 Å². The second kappa shape index (κ2) is 3.35. The monoisotopic (exact) mass is 168 g/mol. The van der Waals surface area contributed by atoms with Crippen molar-refractivity contribution < 1.29 is 0 Å². The average Bonchev–Trinajstić information content (AvgIpc) is 2.78. The molecule has 0 aromatic rings. The second-order valence-corrected chi connectivity index (χ2v) is 4.56. The standard InChI is InChI=1S/C10H20N2/c1-7(8-2-3-8)12-10-5-4-9(11)6-10/h7-10,12H,2-6,11H2,1H3. The minimum Gasteiger partial charge on any atom is -0.328 e. The van der Waals surface area contributed by atoms with Gasteiger partial charge >= 0.3 is 0 Å². The Bertz CT molecular complexity index is 154. The Morgan fingerprint density at radius 1 is 1.25 bits per heavy atom. The Kier molecular flexibility index (Phi) is 2.37. The Morgan fingerprint density at radius 2 is 2.00 bits per heavy atom. The van der Waals surface area contributed by atoms with E-state index in [9.17, 15) is 0 Å².